The van der Waals surface area contributed by atoms with Crippen LogP contribution in [0.4, 0.5) is 0 Å². The van der Waals surface area contributed by atoms with Crippen molar-refractivity contribution in [2.24, 2.45) is 0 Å². The van der Waals surface area contributed by atoms with Gasteiger partial charge in [0.15, 0.2) is 0 Å². The summed E-state index contributed by atoms with van der Waals surface area (Å²) in [5.74, 6) is -0.843. The summed E-state index contributed by atoms with van der Waals surface area (Å²) in [5, 5.41) is 9.26. The minimum absolute atomic E-state index is 0.218. The Bertz CT molecular complexity index is 524. The number of benzene rings is 1. The average Bonchev–Trinajstić information content (AvgIpc) is 2.91. The maximum atomic E-state index is 12.5. The van der Waals surface area contributed by atoms with Crippen molar-refractivity contribution in [3.63, 3.8) is 0 Å². The third-order valence-electron chi connectivity index (χ3n) is 3.97. The number of rotatable bonds is 4. The molecule has 2 atom stereocenters. The lowest BCUT2D eigenvalue weighted by Gasteiger charge is -2.21. The van der Waals surface area contributed by atoms with Gasteiger partial charge in [-0.3, -0.25) is 4.79 Å². The molecule has 1 fully saturated rings. The molecule has 0 spiro atoms. The number of methoxy groups -OCH3 is 1. The van der Waals surface area contributed by atoms with E-state index in [-0.39, 0.29) is 12.0 Å². The molecule has 1 aromatic rings. The molecule has 0 saturated carbocycles. The van der Waals surface area contributed by atoms with Crippen molar-refractivity contribution in [1.29, 1.82) is 0 Å². The van der Waals surface area contributed by atoms with E-state index in [1.807, 2.05) is 12.1 Å². The molecule has 0 radical (unpaired) electrons. The van der Waals surface area contributed by atoms with Gasteiger partial charge in [-0.1, -0.05) is 26.0 Å². The van der Waals surface area contributed by atoms with E-state index in [0.717, 1.165) is 5.56 Å². The van der Waals surface area contributed by atoms with Crippen LogP contribution in [0.15, 0.2) is 24.3 Å². The maximum absolute atomic E-state index is 12.5. The third kappa shape index (κ3) is 3.24. The molecule has 1 amide bonds. The minimum atomic E-state index is -0.985. The fourth-order valence-electron chi connectivity index (χ4n) is 2.60. The van der Waals surface area contributed by atoms with E-state index in [0.29, 0.717) is 24.4 Å². The number of ether oxygens (including phenoxy) is 1. The van der Waals surface area contributed by atoms with E-state index < -0.39 is 12.0 Å². The van der Waals surface area contributed by atoms with Crippen LogP contribution in [-0.4, -0.2) is 47.7 Å². The molecule has 5 heteroatoms. The number of carboxylic acids is 1. The summed E-state index contributed by atoms with van der Waals surface area (Å²) in [4.78, 5) is 25.2. The van der Waals surface area contributed by atoms with Gasteiger partial charge in [0.2, 0.25) is 0 Å². The van der Waals surface area contributed by atoms with Crippen LogP contribution in [0, 0.1) is 0 Å². The van der Waals surface area contributed by atoms with Crippen molar-refractivity contribution < 1.29 is 19.4 Å². The van der Waals surface area contributed by atoms with E-state index in [1.54, 1.807) is 12.1 Å². The summed E-state index contributed by atoms with van der Waals surface area (Å²) < 4.78 is 5.20. The van der Waals surface area contributed by atoms with Gasteiger partial charge in [-0.05, 0) is 23.6 Å². The Kier molecular flexibility index (Phi) is 4.63. The Hall–Kier alpha value is -1.88. The normalized spacial score (nSPS) is 21.8. The van der Waals surface area contributed by atoms with Crippen molar-refractivity contribution in [2.45, 2.75) is 38.3 Å². The number of carboxylic acid groups (broad SMARTS) is 1. The van der Waals surface area contributed by atoms with Gasteiger partial charge in [-0.2, -0.15) is 0 Å². The van der Waals surface area contributed by atoms with Gasteiger partial charge in [0.05, 0.1) is 6.10 Å². The van der Waals surface area contributed by atoms with E-state index >= 15 is 0 Å². The highest BCUT2D eigenvalue weighted by atomic mass is 16.5. The number of likely N-dealkylation sites (tertiary alicyclic amines) is 1. The second kappa shape index (κ2) is 6.26. The summed E-state index contributed by atoms with van der Waals surface area (Å²) >= 11 is 0. The number of amides is 1. The Morgan fingerprint density at radius 3 is 2.38 bits per heavy atom. The maximum Gasteiger partial charge on any atom is 0.326 e. The molecule has 2 rings (SSSR count). The Labute approximate surface area is 124 Å². The SMILES string of the molecule is CO[C@@H]1C[C@@H](C(=O)O)N(C(=O)c2ccc(C(C)C)cc2)C1. The van der Waals surface area contributed by atoms with Crippen molar-refractivity contribution in [1.82, 2.24) is 4.90 Å². The predicted molar refractivity (Wildman–Crippen MR) is 78.4 cm³/mol. The van der Waals surface area contributed by atoms with Crippen molar-refractivity contribution in [2.75, 3.05) is 13.7 Å². The number of hydrogen-bond donors (Lipinski definition) is 1. The van der Waals surface area contributed by atoms with Gasteiger partial charge in [-0.25, -0.2) is 4.79 Å². The fourth-order valence-corrected chi connectivity index (χ4v) is 2.60. The topological polar surface area (TPSA) is 66.8 Å². The summed E-state index contributed by atoms with van der Waals surface area (Å²) in [6.07, 6.45) is 0.117. The third-order valence-corrected chi connectivity index (χ3v) is 3.97. The number of nitrogens with zero attached hydrogens (tertiary/aromatic N) is 1. The molecule has 1 aliphatic heterocycles. The summed E-state index contributed by atoms with van der Waals surface area (Å²) in [6.45, 7) is 4.49. The zero-order chi connectivity index (χ0) is 15.6. The van der Waals surface area contributed by atoms with E-state index in [2.05, 4.69) is 13.8 Å². The first-order chi connectivity index (χ1) is 9.93. The first-order valence-electron chi connectivity index (χ1n) is 7.10. The highest BCUT2D eigenvalue weighted by Crippen LogP contribution is 2.23. The lowest BCUT2D eigenvalue weighted by molar-refractivity contribution is -0.141. The highest BCUT2D eigenvalue weighted by Gasteiger charge is 2.40. The van der Waals surface area contributed by atoms with Gasteiger partial charge < -0.3 is 14.7 Å². The van der Waals surface area contributed by atoms with Crippen LogP contribution < -0.4 is 0 Å². The van der Waals surface area contributed by atoms with Crippen LogP contribution in [0.25, 0.3) is 0 Å². The number of carbonyl (C=O) groups is 2. The highest BCUT2D eigenvalue weighted by molar-refractivity contribution is 5.97. The summed E-state index contributed by atoms with van der Waals surface area (Å²) in [6, 6.07) is 6.54. The molecule has 1 N–H and O–H groups in total. The van der Waals surface area contributed by atoms with Crippen LogP contribution >= 0.6 is 0 Å². The monoisotopic (exact) mass is 291 g/mol. The fraction of sp³-hybridized carbons (Fsp3) is 0.500. The van der Waals surface area contributed by atoms with Gasteiger partial charge in [-0.15, -0.1) is 0 Å². The molecule has 0 bridgehead atoms. The van der Waals surface area contributed by atoms with Crippen molar-refractivity contribution in [3.8, 4) is 0 Å². The van der Waals surface area contributed by atoms with Crippen LogP contribution in [0.2, 0.25) is 0 Å². The van der Waals surface area contributed by atoms with E-state index in [9.17, 15) is 14.7 Å². The molecule has 114 valence electrons. The molecule has 21 heavy (non-hydrogen) atoms. The predicted octanol–water partition coefficient (Wildman–Crippen LogP) is 2.12. The number of aliphatic carboxylic acids is 1. The molecule has 0 aliphatic carbocycles. The smallest absolute Gasteiger partial charge is 0.326 e. The molecule has 5 nitrogen and oxygen atoms in total. The zero-order valence-electron chi connectivity index (χ0n) is 12.6. The minimum Gasteiger partial charge on any atom is -0.480 e. The lowest BCUT2D eigenvalue weighted by atomic mass is 10.0. The Balaban J connectivity index is 2.19. The van der Waals surface area contributed by atoms with Crippen molar-refractivity contribution in [3.05, 3.63) is 35.4 Å². The van der Waals surface area contributed by atoms with Gasteiger partial charge in [0, 0.05) is 25.6 Å². The number of hydrogen-bond acceptors (Lipinski definition) is 3. The summed E-state index contributed by atoms with van der Waals surface area (Å²) in [7, 11) is 1.54. The van der Waals surface area contributed by atoms with Crippen LogP contribution in [-0.2, 0) is 9.53 Å². The second-order valence-corrected chi connectivity index (χ2v) is 5.68. The molecule has 1 aromatic carbocycles. The average molecular weight is 291 g/mol. The van der Waals surface area contributed by atoms with Crippen LogP contribution in [0.1, 0.15) is 42.1 Å². The second-order valence-electron chi connectivity index (χ2n) is 5.68. The quantitative estimate of drug-likeness (QED) is 0.922. The van der Waals surface area contributed by atoms with Gasteiger partial charge >= 0.3 is 5.97 Å². The molecule has 0 unspecified atom stereocenters. The Morgan fingerprint density at radius 1 is 1.29 bits per heavy atom. The molecule has 1 saturated heterocycles. The van der Waals surface area contributed by atoms with E-state index in [1.165, 1.54) is 12.0 Å². The summed E-state index contributed by atoms with van der Waals surface area (Å²) in [5.41, 5.74) is 1.67. The molecule has 0 aromatic heterocycles. The first kappa shape index (κ1) is 15.5. The standard InChI is InChI=1S/C16H21NO4/c1-10(2)11-4-6-12(7-5-11)15(18)17-9-13(21-3)8-14(17)16(19)20/h4-7,10,13-14H,8-9H2,1-3H3,(H,19,20)/t13-,14+/m1/s1. The largest absolute Gasteiger partial charge is 0.480 e. The lowest BCUT2D eigenvalue weighted by Crippen LogP contribution is -2.40. The molecular formula is C16H21NO4. The van der Waals surface area contributed by atoms with Crippen molar-refractivity contribution >= 4 is 11.9 Å². The van der Waals surface area contributed by atoms with Gasteiger partial charge in [0.25, 0.3) is 5.91 Å². The first-order valence-corrected chi connectivity index (χ1v) is 7.10. The van der Waals surface area contributed by atoms with Crippen LogP contribution in [0.5, 0.6) is 0 Å². The molecular weight excluding hydrogens is 270 g/mol. The van der Waals surface area contributed by atoms with Crippen LogP contribution in [0.3, 0.4) is 0 Å². The van der Waals surface area contributed by atoms with Gasteiger partial charge in [0.1, 0.15) is 6.04 Å². The number of carbonyl (C=O) groups excluding carboxylic acids is 1. The van der Waals surface area contributed by atoms with E-state index in [4.69, 9.17) is 4.74 Å². The molecule has 1 aliphatic rings. The molecule has 1 heterocycles. The zero-order valence-corrected chi connectivity index (χ0v) is 12.6. The Morgan fingerprint density at radius 2 is 1.90 bits per heavy atom.